The highest BCUT2D eigenvalue weighted by molar-refractivity contribution is 9.10. The van der Waals surface area contributed by atoms with Crippen LogP contribution >= 0.6 is 15.9 Å². The van der Waals surface area contributed by atoms with Crippen LogP contribution in [0.5, 0.6) is 0 Å². The van der Waals surface area contributed by atoms with Gasteiger partial charge in [0.2, 0.25) is 0 Å². The van der Waals surface area contributed by atoms with Crippen LogP contribution in [0.4, 0.5) is 0 Å². The van der Waals surface area contributed by atoms with Gasteiger partial charge in [0, 0.05) is 32.0 Å². The van der Waals surface area contributed by atoms with Gasteiger partial charge in [0.05, 0.1) is 22.0 Å². The van der Waals surface area contributed by atoms with Crippen LogP contribution in [0.15, 0.2) is 4.47 Å². The molecule has 1 aliphatic heterocycles. The first-order valence-electron chi connectivity index (χ1n) is 8.17. The van der Waals surface area contributed by atoms with E-state index in [0.29, 0.717) is 18.1 Å². The molecule has 0 bridgehead atoms. The van der Waals surface area contributed by atoms with Gasteiger partial charge in [-0.2, -0.15) is 5.10 Å². The van der Waals surface area contributed by atoms with Gasteiger partial charge in [-0.1, -0.05) is 20.8 Å². The minimum absolute atomic E-state index is 0.395. The van der Waals surface area contributed by atoms with E-state index in [1.54, 1.807) is 0 Å². The van der Waals surface area contributed by atoms with E-state index >= 15 is 0 Å². The third-order valence-electron chi connectivity index (χ3n) is 4.56. The summed E-state index contributed by atoms with van der Waals surface area (Å²) in [5.74, 6) is 0.599. The Morgan fingerprint density at radius 1 is 1.43 bits per heavy atom. The summed E-state index contributed by atoms with van der Waals surface area (Å²) in [7, 11) is 2.05. The molecule has 0 spiro atoms. The zero-order chi connectivity index (χ0) is 15.4. The van der Waals surface area contributed by atoms with Crippen molar-refractivity contribution in [3.8, 4) is 0 Å². The van der Waals surface area contributed by atoms with E-state index < -0.39 is 0 Å². The number of nitrogens with zero attached hydrogens (tertiary/aromatic N) is 2. The van der Waals surface area contributed by atoms with Crippen LogP contribution in [0, 0.1) is 5.92 Å². The minimum Gasteiger partial charge on any atom is -0.378 e. The van der Waals surface area contributed by atoms with Crippen molar-refractivity contribution in [3.63, 3.8) is 0 Å². The molecule has 5 heteroatoms. The van der Waals surface area contributed by atoms with Gasteiger partial charge in [-0.15, -0.1) is 0 Å². The Kier molecular flexibility index (Phi) is 6.26. The fourth-order valence-electron chi connectivity index (χ4n) is 3.43. The second-order valence-electron chi connectivity index (χ2n) is 5.82. The monoisotopic (exact) mass is 357 g/mol. The molecule has 3 atom stereocenters. The quantitative estimate of drug-likeness (QED) is 0.814. The van der Waals surface area contributed by atoms with Crippen LogP contribution in [-0.4, -0.2) is 35.1 Å². The SMILES string of the molecule is CCNC(Cc1c(Br)c(CC)nn1C)C1CCOC1CC. The number of aromatic nitrogens is 2. The average Bonchev–Trinajstić information content (AvgIpc) is 3.05. The van der Waals surface area contributed by atoms with Crippen molar-refractivity contribution in [1.82, 2.24) is 15.1 Å². The number of hydrogen-bond donors (Lipinski definition) is 1. The summed E-state index contributed by atoms with van der Waals surface area (Å²) in [4.78, 5) is 0. The van der Waals surface area contributed by atoms with Crippen molar-refractivity contribution in [1.29, 1.82) is 0 Å². The summed E-state index contributed by atoms with van der Waals surface area (Å²) >= 11 is 3.74. The van der Waals surface area contributed by atoms with Gasteiger partial charge in [-0.25, -0.2) is 0 Å². The van der Waals surface area contributed by atoms with E-state index in [1.807, 2.05) is 11.7 Å². The normalized spacial score (nSPS) is 23.7. The summed E-state index contributed by atoms with van der Waals surface area (Å²) in [5, 5.41) is 8.30. The van der Waals surface area contributed by atoms with Gasteiger partial charge < -0.3 is 10.1 Å². The molecule has 1 saturated heterocycles. The fourth-order valence-corrected chi connectivity index (χ4v) is 4.21. The Hall–Kier alpha value is -0.390. The van der Waals surface area contributed by atoms with Crippen LogP contribution in [-0.2, 0) is 24.6 Å². The zero-order valence-corrected chi connectivity index (χ0v) is 15.2. The number of aryl methyl sites for hydroxylation is 2. The molecule has 4 nitrogen and oxygen atoms in total. The summed E-state index contributed by atoms with van der Waals surface area (Å²) in [5.41, 5.74) is 2.44. The van der Waals surface area contributed by atoms with Crippen molar-refractivity contribution in [2.45, 2.75) is 58.6 Å². The average molecular weight is 358 g/mol. The number of nitrogens with one attached hydrogen (secondary N) is 1. The topological polar surface area (TPSA) is 39.1 Å². The van der Waals surface area contributed by atoms with Crippen molar-refractivity contribution in [3.05, 3.63) is 15.9 Å². The van der Waals surface area contributed by atoms with E-state index in [0.717, 1.165) is 44.5 Å². The van der Waals surface area contributed by atoms with Crippen molar-refractivity contribution >= 4 is 15.9 Å². The van der Waals surface area contributed by atoms with Gasteiger partial charge >= 0.3 is 0 Å². The maximum Gasteiger partial charge on any atom is 0.0766 e. The highest BCUT2D eigenvalue weighted by Crippen LogP contribution is 2.30. The predicted molar refractivity (Wildman–Crippen MR) is 89.6 cm³/mol. The predicted octanol–water partition coefficient (Wildman–Crippen LogP) is 3.08. The number of likely N-dealkylation sites (N-methyl/N-ethyl adjacent to an activating group) is 1. The molecule has 2 rings (SSSR count). The molecular formula is C16H28BrN3O. The first-order chi connectivity index (χ1) is 10.1. The van der Waals surface area contributed by atoms with E-state index in [1.165, 1.54) is 10.2 Å². The Morgan fingerprint density at radius 2 is 2.19 bits per heavy atom. The summed E-state index contributed by atoms with van der Waals surface area (Å²) in [6.45, 7) is 8.45. The Bertz CT molecular complexity index is 461. The molecular weight excluding hydrogens is 330 g/mol. The number of ether oxygens (including phenoxy) is 1. The van der Waals surface area contributed by atoms with Gasteiger partial charge in [0.15, 0.2) is 0 Å². The van der Waals surface area contributed by atoms with Crippen molar-refractivity contribution < 1.29 is 4.74 Å². The summed E-state index contributed by atoms with van der Waals surface area (Å²) in [6.07, 6.45) is 4.62. The maximum absolute atomic E-state index is 5.89. The molecule has 0 aliphatic carbocycles. The molecule has 0 radical (unpaired) electrons. The minimum atomic E-state index is 0.395. The molecule has 1 aromatic rings. The van der Waals surface area contributed by atoms with Crippen molar-refractivity contribution in [2.75, 3.05) is 13.2 Å². The van der Waals surface area contributed by atoms with Crippen LogP contribution in [0.1, 0.15) is 45.0 Å². The standard InChI is InChI=1S/C16H28BrN3O/c1-5-12-16(17)14(20(4)19-12)10-13(18-7-3)11-8-9-21-15(11)6-2/h11,13,15,18H,5-10H2,1-4H3. The molecule has 0 aromatic carbocycles. The number of halogens is 1. The molecule has 1 N–H and O–H groups in total. The van der Waals surface area contributed by atoms with Gasteiger partial charge in [0.1, 0.15) is 0 Å². The largest absolute Gasteiger partial charge is 0.378 e. The van der Waals surface area contributed by atoms with E-state index in [9.17, 15) is 0 Å². The molecule has 1 aromatic heterocycles. The van der Waals surface area contributed by atoms with Crippen LogP contribution < -0.4 is 5.32 Å². The second kappa shape index (κ2) is 7.75. The molecule has 0 amide bonds. The molecule has 1 aliphatic rings. The van der Waals surface area contributed by atoms with E-state index in [4.69, 9.17) is 4.74 Å². The van der Waals surface area contributed by atoms with Crippen molar-refractivity contribution in [2.24, 2.45) is 13.0 Å². The molecule has 21 heavy (non-hydrogen) atoms. The zero-order valence-electron chi connectivity index (χ0n) is 13.7. The first-order valence-corrected chi connectivity index (χ1v) is 8.96. The summed E-state index contributed by atoms with van der Waals surface area (Å²) < 4.78 is 9.11. The Labute approximate surface area is 136 Å². The van der Waals surface area contributed by atoms with Gasteiger partial charge in [-0.3, -0.25) is 4.68 Å². The Morgan fingerprint density at radius 3 is 2.76 bits per heavy atom. The second-order valence-corrected chi connectivity index (χ2v) is 6.62. The lowest BCUT2D eigenvalue weighted by Gasteiger charge is -2.28. The molecule has 1 fully saturated rings. The first kappa shape index (κ1) is 17.0. The van der Waals surface area contributed by atoms with E-state index in [2.05, 4.69) is 47.1 Å². The molecule has 2 heterocycles. The molecule has 0 saturated carbocycles. The Balaban J connectivity index is 2.18. The molecule has 3 unspecified atom stereocenters. The number of rotatable bonds is 7. The lowest BCUT2D eigenvalue weighted by molar-refractivity contribution is 0.0774. The summed E-state index contributed by atoms with van der Waals surface area (Å²) in [6, 6.07) is 0.457. The number of hydrogen-bond acceptors (Lipinski definition) is 3. The fraction of sp³-hybridized carbons (Fsp3) is 0.812. The van der Waals surface area contributed by atoms with Gasteiger partial charge in [-0.05, 0) is 41.7 Å². The molecule has 120 valence electrons. The van der Waals surface area contributed by atoms with Crippen LogP contribution in [0.2, 0.25) is 0 Å². The third kappa shape index (κ3) is 3.69. The van der Waals surface area contributed by atoms with E-state index in [-0.39, 0.29) is 0 Å². The van der Waals surface area contributed by atoms with Crippen LogP contribution in [0.3, 0.4) is 0 Å². The van der Waals surface area contributed by atoms with Gasteiger partial charge in [0.25, 0.3) is 0 Å². The highest BCUT2D eigenvalue weighted by atomic mass is 79.9. The maximum atomic E-state index is 5.89. The smallest absolute Gasteiger partial charge is 0.0766 e. The lowest BCUT2D eigenvalue weighted by Crippen LogP contribution is -2.41. The third-order valence-corrected chi connectivity index (χ3v) is 5.48. The highest BCUT2D eigenvalue weighted by Gasteiger charge is 2.34. The lowest BCUT2D eigenvalue weighted by atomic mass is 9.88. The van der Waals surface area contributed by atoms with Crippen LogP contribution in [0.25, 0.3) is 0 Å².